The zero-order valence-corrected chi connectivity index (χ0v) is 12.1. The molecule has 0 amide bonds. The van der Waals surface area contributed by atoms with E-state index in [0.29, 0.717) is 18.0 Å². The van der Waals surface area contributed by atoms with Crippen LogP contribution in [0.5, 0.6) is 0 Å². The SMILES string of the molecule is CCNc1cc(NC2CCN3CCCCC23)nc(N)n1. The lowest BCUT2D eigenvalue weighted by molar-refractivity contribution is 0.192. The summed E-state index contributed by atoms with van der Waals surface area (Å²) in [4.78, 5) is 11.1. The van der Waals surface area contributed by atoms with Crippen LogP contribution in [0.2, 0.25) is 0 Å². The summed E-state index contributed by atoms with van der Waals surface area (Å²) in [6.07, 6.45) is 5.16. The van der Waals surface area contributed by atoms with Crippen molar-refractivity contribution in [2.45, 2.75) is 44.7 Å². The van der Waals surface area contributed by atoms with Crippen molar-refractivity contribution in [2.24, 2.45) is 0 Å². The first-order valence-electron chi connectivity index (χ1n) is 7.65. The molecule has 3 rings (SSSR count). The van der Waals surface area contributed by atoms with E-state index >= 15 is 0 Å². The molecule has 2 aliphatic heterocycles. The Kier molecular flexibility index (Phi) is 3.91. The van der Waals surface area contributed by atoms with Crippen LogP contribution >= 0.6 is 0 Å². The number of anilines is 3. The highest BCUT2D eigenvalue weighted by atomic mass is 15.2. The standard InChI is InChI=1S/C14H24N6/c1-2-16-12-9-13(19-14(15)18-12)17-10-6-8-20-7-4-3-5-11(10)20/h9-11H,2-8H2,1H3,(H4,15,16,17,18,19). The topological polar surface area (TPSA) is 79.1 Å². The minimum absolute atomic E-state index is 0.324. The lowest BCUT2D eigenvalue weighted by Crippen LogP contribution is -2.41. The Morgan fingerprint density at radius 3 is 2.95 bits per heavy atom. The van der Waals surface area contributed by atoms with E-state index in [1.54, 1.807) is 0 Å². The van der Waals surface area contributed by atoms with Crippen molar-refractivity contribution in [3.8, 4) is 0 Å². The number of nitrogen functional groups attached to an aromatic ring is 1. The van der Waals surface area contributed by atoms with Gasteiger partial charge in [0, 0.05) is 31.2 Å². The molecule has 2 fully saturated rings. The van der Waals surface area contributed by atoms with E-state index in [4.69, 9.17) is 5.73 Å². The van der Waals surface area contributed by atoms with Crippen LogP contribution in [0.25, 0.3) is 0 Å². The fourth-order valence-electron chi connectivity index (χ4n) is 3.42. The molecule has 2 atom stereocenters. The third kappa shape index (κ3) is 2.80. The number of hydrogen-bond donors (Lipinski definition) is 3. The molecule has 4 N–H and O–H groups in total. The molecule has 3 heterocycles. The van der Waals surface area contributed by atoms with Crippen molar-refractivity contribution >= 4 is 17.6 Å². The van der Waals surface area contributed by atoms with Crippen LogP contribution in [0.15, 0.2) is 6.07 Å². The normalized spacial score (nSPS) is 26.2. The molecule has 0 radical (unpaired) electrons. The van der Waals surface area contributed by atoms with E-state index < -0.39 is 0 Å². The van der Waals surface area contributed by atoms with Gasteiger partial charge in [0.2, 0.25) is 5.95 Å². The summed E-state index contributed by atoms with van der Waals surface area (Å²) >= 11 is 0. The lowest BCUT2D eigenvalue weighted by Gasteiger charge is -2.32. The van der Waals surface area contributed by atoms with Gasteiger partial charge in [-0.2, -0.15) is 9.97 Å². The van der Waals surface area contributed by atoms with Crippen molar-refractivity contribution < 1.29 is 0 Å². The van der Waals surface area contributed by atoms with Gasteiger partial charge in [-0.25, -0.2) is 0 Å². The molecule has 0 saturated carbocycles. The average Bonchev–Trinajstić information content (AvgIpc) is 2.82. The van der Waals surface area contributed by atoms with Crippen LogP contribution in [0, 0.1) is 0 Å². The molecule has 0 aromatic carbocycles. The third-order valence-electron chi connectivity index (χ3n) is 4.29. The van der Waals surface area contributed by atoms with E-state index in [9.17, 15) is 0 Å². The summed E-state index contributed by atoms with van der Waals surface area (Å²) in [6.45, 7) is 5.32. The Morgan fingerprint density at radius 2 is 2.10 bits per heavy atom. The van der Waals surface area contributed by atoms with Gasteiger partial charge in [0.15, 0.2) is 0 Å². The van der Waals surface area contributed by atoms with Gasteiger partial charge >= 0.3 is 0 Å². The third-order valence-corrected chi connectivity index (χ3v) is 4.29. The summed E-state index contributed by atoms with van der Waals surface area (Å²) < 4.78 is 0. The van der Waals surface area contributed by atoms with E-state index in [1.165, 1.54) is 38.8 Å². The predicted octanol–water partition coefficient (Wildman–Crippen LogP) is 1.53. The monoisotopic (exact) mass is 276 g/mol. The number of aromatic nitrogens is 2. The Labute approximate surface area is 120 Å². The highest BCUT2D eigenvalue weighted by molar-refractivity contribution is 5.51. The molecular formula is C14H24N6. The fourth-order valence-corrected chi connectivity index (χ4v) is 3.42. The Morgan fingerprint density at radius 1 is 1.25 bits per heavy atom. The molecule has 0 bridgehead atoms. The summed E-state index contributed by atoms with van der Waals surface area (Å²) in [5.74, 6) is 1.95. The number of rotatable bonds is 4. The van der Waals surface area contributed by atoms with Crippen LogP contribution in [0.3, 0.4) is 0 Å². The van der Waals surface area contributed by atoms with Crippen LogP contribution in [-0.2, 0) is 0 Å². The first kappa shape index (κ1) is 13.4. The number of nitrogens with one attached hydrogen (secondary N) is 2. The maximum atomic E-state index is 5.78. The van der Waals surface area contributed by atoms with Crippen molar-refractivity contribution in [1.82, 2.24) is 14.9 Å². The minimum Gasteiger partial charge on any atom is -0.370 e. The zero-order chi connectivity index (χ0) is 13.9. The van der Waals surface area contributed by atoms with Crippen LogP contribution in [-0.4, -0.2) is 46.6 Å². The molecule has 6 heteroatoms. The van der Waals surface area contributed by atoms with E-state index in [2.05, 4.69) is 25.5 Å². The highest BCUT2D eigenvalue weighted by Crippen LogP contribution is 2.29. The van der Waals surface area contributed by atoms with Crippen molar-refractivity contribution in [1.29, 1.82) is 0 Å². The summed E-state index contributed by atoms with van der Waals surface area (Å²) in [6, 6.07) is 3.09. The number of nitrogens with zero attached hydrogens (tertiary/aromatic N) is 3. The Hall–Kier alpha value is -1.56. The summed E-state index contributed by atoms with van der Waals surface area (Å²) in [5, 5.41) is 6.76. The second-order valence-electron chi connectivity index (χ2n) is 5.67. The molecule has 1 aromatic rings. The zero-order valence-electron chi connectivity index (χ0n) is 12.1. The second-order valence-corrected chi connectivity index (χ2v) is 5.67. The lowest BCUT2D eigenvalue weighted by atomic mass is 9.99. The maximum Gasteiger partial charge on any atom is 0.223 e. The molecule has 110 valence electrons. The van der Waals surface area contributed by atoms with Gasteiger partial charge in [-0.1, -0.05) is 6.42 Å². The Balaban J connectivity index is 1.71. The molecule has 2 unspecified atom stereocenters. The number of piperidine rings is 1. The van der Waals surface area contributed by atoms with Crippen molar-refractivity contribution in [3.63, 3.8) is 0 Å². The molecule has 6 nitrogen and oxygen atoms in total. The highest BCUT2D eigenvalue weighted by Gasteiger charge is 2.35. The smallest absolute Gasteiger partial charge is 0.223 e. The number of fused-ring (bicyclic) bond motifs is 1. The van der Waals surface area contributed by atoms with Gasteiger partial charge < -0.3 is 16.4 Å². The molecule has 0 spiro atoms. The fraction of sp³-hybridized carbons (Fsp3) is 0.714. The van der Waals surface area contributed by atoms with Crippen LogP contribution in [0.4, 0.5) is 17.6 Å². The van der Waals surface area contributed by atoms with Crippen molar-refractivity contribution in [3.05, 3.63) is 6.07 Å². The molecular weight excluding hydrogens is 252 g/mol. The Bertz CT molecular complexity index is 463. The van der Waals surface area contributed by atoms with Gasteiger partial charge in [0.1, 0.15) is 11.6 Å². The van der Waals surface area contributed by atoms with Gasteiger partial charge in [-0.15, -0.1) is 0 Å². The quantitative estimate of drug-likeness (QED) is 0.774. The largest absolute Gasteiger partial charge is 0.370 e. The van der Waals surface area contributed by atoms with Gasteiger partial charge in [0.25, 0.3) is 0 Å². The molecule has 20 heavy (non-hydrogen) atoms. The molecule has 0 aliphatic carbocycles. The number of hydrogen-bond acceptors (Lipinski definition) is 6. The molecule has 2 saturated heterocycles. The van der Waals surface area contributed by atoms with Crippen LogP contribution in [0.1, 0.15) is 32.6 Å². The van der Waals surface area contributed by atoms with Crippen molar-refractivity contribution in [2.75, 3.05) is 36.0 Å². The first-order valence-corrected chi connectivity index (χ1v) is 7.65. The second kappa shape index (κ2) is 5.83. The van der Waals surface area contributed by atoms with E-state index in [1.807, 2.05) is 13.0 Å². The summed E-state index contributed by atoms with van der Waals surface area (Å²) in [5.41, 5.74) is 5.78. The number of nitrogens with two attached hydrogens (primary N) is 1. The van der Waals surface area contributed by atoms with E-state index in [-0.39, 0.29) is 0 Å². The van der Waals surface area contributed by atoms with E-state index in [0.717, 1.165) is 18.2 Å². The first-order chi connectivity index (χ1) is 9.76. The maximum absolute atomic E-state index is 5.78. The average molecular weight is 276 g/mol. The predicted molar refractivity (Wildman–Crippen MR) is 81.8 cm³/mol. The molecule has 1 aromatic heterocycles. The summed E-state index contributed by atoms with van der Waals surface area (Å²) in [7, 11) is 0. The minimum atomic E-state index is 0.324. The van der Waals surface area contributed by atoms with Gasteiger partial charge in [0.05, 0.1) is 0 Å². The van der Waals surface area contributed by atoms with Gasteiger partial charge in [-0.05, 0) is 32.7 Å². The molecule has 2 aliphatic rings. The van der Waals surface area contributed by atoms with Crippen LogP contribution < -0.4 is 16.4 Å². The van der Waals surface area contributed by atoms with Gasteiger partial charge in [-0.3, -0.25) is 4.90 Å².